The summed E-state index contributed by atoms with van der Waals surface area (Å²) in [5, 5.41) is 12.8. The zero-order chi connectivity index (χ0) is 10.1. The summed E-state index contributed by atoms with van der Waals surface area (Å²) in [6, 6.07) is 5.69. The number of hydrogen-bond donors (Lipinski definition) is 2. The number of halogens is 1. The minimum absolute atomic E-state index is 0.0378. The van der Waals surface area contributed by atoms with E-state index in [0.717, 1.165) is 18.5 Å². The molecule has 1 aliphatic heterocycles. The minimum atomic E-state index is 0.0378. The maximum Gasteiger partial charge on any atom is 0.115 e. The summed E-state index contributed by atoms with van der Waals surface area (Å²) in [5.74, 6) is 0.315. The number of alkyl halides is 1. The summed E-state index contributed by atoms with van der Waals surface area (Å²) in [6.45, 7) is 2.93. The van der Waals surface area contributed by atoms with Crippen LogP contribution in [0.2, 0.25) is 0 Å². The third-order valence-electron chi connectivity index (χ3n) is 2.68. The molecule has 0 amide bonds. The highest BCUT2D eigenvalue weighted by Gasteiger charge is 2.23. The van der Waals surface area contributed by atoms with Crippen molar-refractivity contribution in [1.82, 2.24) is 5.32 Å². The van der Waals surface area contributed by atoms with Gasteiger partial charge in [0, 0.05) is 6.04 Å². The third-order valence-corrected chi connectivity index (χ3v) is 2.93. The highest BCUT2D eigenvalue weighted by molar-refractivity contribution is 6.20. The molecule has 2 nitrogen and oxygen atoms in total. The van der Waals surface area contributed by atoms with Crippen LogP contribution in [0.15, 0.2) is 18.2 Å². The highest BCUT2D eigenvalue weighted by Crippen LogP contribution is 2.30. The molecule has 2 unspecified atom stereocenters. The van der Waals surface area contributed by atoms with Gasteiger partial charge in [-0.2, -0.15) is 0 Å². The molecule has 0 saturated heterocycles. The highest BCUT2D eigenvalue weighted by atomic mass is 35.5. The molecule has 2 atom stereocenters. The normalized spacial score (nSPS) is 22.9. The Kier molecular flexibility index (Phi) is 2.66. The number of fused-ring (bicyclic) bond motifs is 1. The van der Waals surface area contributed by atoms with E-state index in [0.29, 0.717) is 5.75 Å². The van der Waals surface area contributed by atoms with Crippen LogP contribution in [0.25, 0.3) is 0 Å². The van der Waals surface area contributed by atoms with Gasteiger partial charge in [0.05, 0.1) is 5.38 Å². The van der Waals surface area contributed by atoms with E-state index >= 15 is 0 Å². The predicted molar refractivity (Wildman–Crippen MR) is 57.9 cm³/mol. The van der Waals surface area contributed by atoms with Crippen LogP contribution < -0.4 is 5.32 Å². The summed E-state index contributed by atoms with van der Waals surface area (Å²) in [7, 11) is 0. The summed E-state index contributed by atoms with van der Waals surface area (Å²) in [5.41, 5.74) is 2.43. The smallest absolute Gasteiger partial charge is 0.115 e. The molecule has 0 spiro atoms. The van der Waals surface area contributed by atoms with Crippen LogP contribution in [0, 0.1) is 0 Å². The van der Waals surface area contributed by atoms with E-state index in [-0.39, 0.29) is 11.4 Å². The van der Waals surface area contributed by atoms with E-state index < -0.39 is 0 Å². The molecule has 0 radical (unpaired) electrons. The lowest BCUT2D eigenvalue weighted by Gasteiger charge is -2.28. The van der Waals surface area contributed by atoms with E-state index in [9.17, 15) is 5.11 Å². The molecular formula is C11H14ClNO. The first-order valence-electron chi connectivity index (χ1n) is 4.87. The van der Waals surface area contributed by atoms with Crippen molar-refractivity contribution in [2.75, 3.05) is 6.54 Å². The Bertz CT molecular complexity index is 338. The van der Waals surface area contributed by atoms with Crippen LogP contribution in [0.4, 0.5) is 0 Å². The van der Waals surface area contributed by atoms with E-state index in [1.165, 1.54) is 5.56 Å². The van der Waals surface area contributed by atoms with Crippen molar-refractivity contribution >= 4 is 11.6 Å². The van der Waals surface area contributed by atoms with Gasteiger partial charge < -0.3 is 10.4 Å². The standard InChI is InChI=1S/C11H14ClNO/c1-7(12)11-10-6-9(14)3-2-8(10)4-5-13-11/h2-3,6-7,11,13-14H,4-5H2,1H3. The Morgan fingerprint density at radius 2 is 2.36 bits per heavy atom. The maximum atomic E-state index is 9.42. The summed E-state index contributed by atoms with van der Waals surface area (Å²) < 4.78 is 0. The number of phenolic OH excluding ortho intramolecular Hbond substituents is 1. The molecule has 0 aromatic heterocycles. The molecule has 0 fully saturated rings. The molecule has 0 bridgehead atoms. The summed E-state index contributed by atoms with van der Waals surface area (Å²) in [4.78, 5) is 0. The van der Waals surface area contributed by atoms with Gasteiger partial charge in [-0.1, -0.05) is 6.07 Å². The lowest BCUT2D eigenvalue weighted by Crippen LogP contribution is -2.34. The Morgan fingerprint density at radius 3 is 3.07 bits per heavy atom. The second-order valence-corrected chi connectivity index (χ2v) is 4.43. The molecule has 2 rings (SSSR count). The molecule has 0 aliphatic carbocycles. The Morgan fingerprint density at radius 1 is 1.57 bits per heavy atom. The fourth-order valence-corrected chi connectivity index (χ4v) is 2.21. The Labute approximate surface area is 88.9 Å². The van der Waals surface area contributed by atoms with Crippen LogP contribution in [-0.2, 0) is 6.42 Å². The van der Waals surface area contributed by atoms with Crippen molar-refractivity contribution < 1.29 is 5.11 Å². The fraction of sp³-hybridized carbons (Fsp3) is 0.455. The van der Waals surface area contributed by atoms with Crippen LogP contribution in [-0.4, -0.2) is 17.0 Å². The first-order chi connectivity index (χ1) is 6.68. The van der Waals surface area contributed by atoms with Gasteiger partial charge in [-0.3, -0.25) is 0 Å². The number of aromatic hydroxyl groups is 1. The van der Waals surface area contributed by atoms with Crippen LogP contribution in [0.3, 0.4) is 0 Å². The van der Waals surface area contributed by atoms with Gasteiger partial charge in [0.25, 0.3) is 0 Å². The molecule has 0 saturated carbocycles. The van der Waals surface area contributed by atoms with E-state index in [4.69, 9.17) is 11.6 Å². The van der Waals surface area contributed by atoms with Gasteiger partial charge in [-0.25, -0.2) is 0 Å². The zero-order valence-corrected chi connectivity index (χ0v) is 8.88. The van der Waals surface area contributed by atoms with E-state index in [2.05, 4.69) is 5.32 Å². The molecule has 1 aromatic rings. The number of hydrogen-bond acceptors (Lipinski definition) is 2. The van der Waals surface area contributed by atoms with Crippen molar-refractivity contribution in [2.45, 2.75) is 24.8 Å². The van der Waals surface area contributed by atoms with Gasteiger partial charge in [-0.15, -0.1) is 11.6 Å². The largest absolute Gasteiger partial charge is 0.508 e. The topological polar surface area (TPSA) is 32.3 Å². The van der Waals surface area contributed by atoms with E-state index in [1.807, 2.05) is 19.1 Å². The van der Waals surface area contributed by atoms with Gasteiger partial charge in [0.1, 0.15) is 5.75 Å². The quantitative estimate of drug-likeness (QED) is 0.699. The monoisotopic (exact) mass is 211 g/mol. The third kappa shape index (κ3) is 1.72. The summed E-state index contributed by atoms with van der Waals surface area (Å²) >= 11 is 6.09. The molecule has 2 N–H and O–H groups in total. The lowest BCUT2D eigenvalue weighted by atomic mass is 9.92. The maximum absolute atomic E-state index is 9.42. The number of benzene rings is 1. The van der Waals surface area contributed by atoms with Crippen molar-refractivity contribution in [3.63, 3.8) is 0 Å². The molecule has 1 heterocycles. The lowest BCUT2D eigenvalue weighted by molar-refractivity contribution is 0.462. The second-order valence-electron chi connectivity index (χ2n) is 3.74. The SMILES string of the molecule is CC(Cl)C1NCCc2ccc(O)cc21. The average Bonchev–Trinajstić information content (AvgIpc) is 2.16. The minimum Gasteiger partial charge on any atom is -0.508 e. The Hall–Kier alpha value is -0.730. The summed E-state index contributed by atoms with van der Waals surface area (Å²) in [6.07, 6.45) is 1.01. The van der Waals surface area contributed by atoms with Crippen molar-refractivity contribution in [3.05, 3.63) is 29.3 Å². The van der Waals surface area contributed by atoms with Gasteiger partial charge in [-0.05, 0) is 43.1 Å². The predicted octanol–water partition coefficient (Wildman–Crippen LogP) is 2.21. The van der Waals surface area contributed by atoms with Crippen molar-refractivity contribution in [2.24, 2.45) is 0 Å². The van der Waals surface area contributed by atoms with Crippen LogP contribution in [0.1, 0.15) is 24.1 Å². The molecule has 3 heteroatoms. The average molecular weight is 212 g/mol. The molecule has 1 aliphatic rings. The van der Waals surface area contributed by atoms with Gasteiger partial charge in [0.2, 0.25) is 0 Å². The van der Waals surface area contributed by atoms with Crippen molar-refractivity contribution in [1.29, 1.82) is 0 Å². The number of rotatable bonds is 1. The second kappa shape index (κ2) is 3.79. The fourth-order valence-electron chi connectivity index (χ4n) is 1.98. The molecular weight excluding hydrogens is 198 g/mol. The molecule has 76 valence electrons. The number of phenols is 1. The molecule has 14 heavy (non-hydrogen) atoms. The van der Waals surface area contributed by atoms with Crippen molar-refractivity contribution in [3.8, 4) is 5.75 Å². The zero-order valence-electron chi connectivity index (χ0n) is 8.13. The first kappa shape index (κ1) is 9.81. The van der Waals surface area contributed by atoms with Crippen LogP contribution in [0.5, 0.6) is 5.75 Å². The van der Waals surface area contributed by atoms with Crippen LogP contribution >= 0.6 is 11.6 Å². The Balaban J connectivity index is 2.41. The molecule has 1 aromatic carbocycles. The van der Waals surface area contributed by atoms with Gasteiger partial charge >= 0.3 is 0 Å². The van der Waals surface area contributed by atoms with E-state index in [1.54, 1.807) is 6.07 Å². The first-order valence-corrected chi connectivity index (χ1v) is 5.31. The number of nitrogens with one attached hydrogen (secondary N) is 1. The van der Waals surface area contributed by atoms with Gasteiger partial charge in [0.15, 0.2) is 0 Å².